The molecular weight excluding hydrogens is 390 g/mol. The molecule has 0 aliphatic rings. The standard InChI is InChI=1S/C20H21N5OS2/c1-11(2)17-23-20(24-25(17)14-8-6-5-7-9-14)27-10-15-21-18(26)16-12(3)13(4)28-19(16)22-15/h5-9,11H,10H2,1-4H3,(H,21,22,26). The number of thioether (sulfide) groups is 1. The molecule has 0 atom stereocenters. The molecule has 28 heavy (non-hydrogen) atoms. The van der Waals surface area contributed by atoms with Crippen LogP contribution in [0.2, 0.25) is 0 Å². The zero-order valence-electron chi connectivity index (χ0n) is 16.2. The van der Waals surface area contributed by atoms with Gasteiger partial charge in [0.05, 0.1) is 16.8 Å². The first-order chi connectivity index (χ1) is 13.4. The van der Waals surface area contributed by atoms with Gasteiger partial charge in [0, 0.05) is 10.8 Å². The van der Waals surface area contributed by atoms with E-state index in [-0.39, 0.29) is 11.5 Å². The van der Waals surface area contributed by atoms with Crippen LogP contribution in [0.3, 0.4) is 0 Å². The molecule has 4 aromatic rings. The van der Waals surface area contributed by atoms with E-state index >= 15 is 0 Å². The van der Waals surface area contributed by atoms with Crippen molar-refractivity contribution in [3.8, 4) is 5.69 Å². The Kier molecular flexibility index (Phi) is 5.07. The summed E-state index contributed by atoms with van der Waals surface area (Å²) in [7, 11) is 0. The van der Waals surface area contributed by atoms with Crippen molar-refractivity contribution in [3.63, 3.8) is 0 Å². The lowest BCUT2D eigenvalue weighted by Crippen LogP contribution is -2.10. The molecule has 4 rings (SSSR count). The van der Waals surface area contributed by atoms with Crippen molar-refractivity contribution in [3.05, 3.63) is 62.8 Å². The SMILES string of the molecule is Cc1sc2nc(CSc3nc(C(C)C)n(-c4ccccc4)n3)[nH]c(=O)c2c1C. The van der Waals surface area contributed by atoms with Crippen LogP contribution in [0.25, 0.3) is 15.9 Å². The lowest BCUT2D eigenvalue weighted by Gasteiger charge is -2.07. The summed E-state index contributed by atoms with van der Waals surface area (Å²) >= 11 is 3.04. The van der Waals surface area contributed by atoms with E-state index in [0.29, 0.717) is 22.1 Å². The summed E-state index contributed by atoms with van der Waals surface area (Å²) in [6.45, 7) is 8.19. The van der Waals surface area contributed by atoms with Gasteiger partial charge in [-0.05, 0) is 31.5 Å². The number of nitrogens with one attached hydrogen (secondary N) is 1. The van der Waals surface area contributed by atoms with Crippen molar-refractivity contribution >= 4 is 33.3 Å². The average Bonchev–Trinajstić information content (AvgIpc) is 3.22. The third-order valence-corrected chi connectivity index (χ3v) is 6.51. The van der Waals surface area contributed by atoms with E-state index in [1.807, 2.05) is 48.9 Å². The molecule has 144 valence electrons. The minimum Gasteiger partial charge on any atom is -0.309 e. The lowest BCUT2D eigenvalue weighted by atomic mass is 10.2. The van der Waals surface area contributed by atoms with Crippen molar-refractivity contribution < 1.29 is 0 Å². The van der Waals surface area contributed by atoms with E-state index in [1.54, 1.807) is 11.3 Å². The van der Waals surface area contributed by atoms with Gasteiger partial charge >= 0.3 is 0 Å². The molecule has 0 aliphatic heterocycles. The third kappa shape index (κ3) is 3.49. The number of fused-ring (bicyclic) bond motifs is 1. The van der Waals surface area contributed by atoms with E-state index in [4.69, 9.17) is 4.98 Å². The first kappa shape index (κ1) is 18.9. The number of para-hydroxylation sites is 1. The summed E-state index contributed by atoms with van der Waals surface area (Å²) in [5, 5.41) is 6.04. The van der Waals surface area contributed by atoms with Gasteiger partial charge in [-0.2, -0.15) is 0 Å². The van der Waals surface area contributed by atoms with Gasteiger partial charge in [-0.15, -0.1) is 16.4 Å². The van der Waals surface area contributed by atoms with Gasteiger partial charge in [0.25, 0.3) is 5.56 Å². The number of thiophene rings is 1. The number of rotatable bonds is 5. The summed E-state index contributed by atoms with van der Waals surface area (Å²) < 4.78 is 1.89. The number of hydrogen-bond donors (Lipinski definition) is 1. The first-order valence-corrected chi connectivity index (χ1v) is 10.9. The molecule has 1 N–H and O–H groups in total. The number of hydrogen-bond acceptors (Lipinski definition) is 6. The van der Waals surface area contributed by atoms with E-state index in [9.17, 15) is 4.79 Å². The Bertz CT molecular complexity index is 1190. The number of aromatic nitrogens is 5. The van der Waals surface area contributed by atoms with Crippen LogP contribution in [0.1, 0.15) is 41.9 Å². The van der Waals surface area contributed by atoms with Gasteiger partial charge in [0.1, 0.15) is 16.5 Å². The van der Waals surface area contributed by atoms with Crippen molar-refractivity contribution in [2.75, 3.05) is 0 Å². The molecule has 0 amide bonds. The summed E-state index contributed by atoms with van der Waals surface area (Å²) in [5.41, 5.74) is 1.92. The number of aryl methyl sites for hydroxylation is 2. The van der Waals surface area contributed by atoms with Crippen LogP contribution in [-0.4, -0.2) is 24.7 Å². The first-order valence-electron chi connectivity index (χ1n) is 9.08. The van der Waals surface area contributed by atoms with E-state index < -0.39 is 0 Å². The van der Waals surface area contributed by atoms with Crippen molar-refractivity contribution in [1.82, 2.24) is 24.7 Å². The van der Waals surface area contributed by atoms with Crippen LogP contribution in [0, 0.1) is 13.8 Å². The number of H-pyrrole nitrogens is 1. The summed E-state index contributed by atoms with van der Waals surface area (Å²) in [6, 6.07) is 10.00. The average molecular weight is 412 g/mol. The van der Waals surface area contributed by atoms with Crippen LogP contribution >= 0.6 is 23.1 Å². The molecule has 8 heteroatoms. The molecule has 0 radical (unpaired) electrons. The second kappa shape index (κ2) is 7.52. The Labute approximate surface area is 171 Å². The summed E-state index contributed by atoms with van der Waals surface area (Å²) in [5.74, 6) is 2.31. The monoisotopic (exact) mass is 411 g/mol. The third-order valence-electron chi connectivity index (χ3n) is 4.56. The highest BCUT2D eigenvalue weighted by atomic mass is 32.2. The number of aromatic amines is 1. The molecule has 0 bridgehead atoms. The second-order valence-corrected chi connectivity index (χ2v) is 9.07. The molecule has 0 fully saturated rings. The van der Waals surface area contributed by atoms with Gasteiger partial charge in [-0.1, -0.05) is 43.8 Å². The Hall–Kier alpha value is -2.45. The second-order valence-electron chi connectivity index (χ2n) is 6.92. The van der Waals surface area contributed by atoms with Gasteiger partial charge in [-0.25, -0.2) is 14.6 Å². The van der Waals surface area contributed by atoms with E-state index in [2.05, 4.69) is 28.9 Å². The maximum absolute atomic E-state index is 12.4. The van der Waals surface area contributed by atoms with Gasteiger partial charge in [-0.3, -0.25) is 4.79 Å². The molecule has 1 aromatic carbocycles. The number of nitrogens with zero attached hydrogens (tertiary/aromatic N) is 4. The van der Waals surface area contributed by atoms with Crippen LogP contribution < -0.4 is 5.56 Å². The zero-order valence-corrected chi connectivity index (χ0v) is 17.8. The minimum atomic E-state index is -0.0758. The minimum absolute atomic E-state index is 0.0758. The summed E-state index contributed by atoms with van der Waals surface area (Å²) in [6.07, 6.45) is 0. The molecule has 0 unspecified atom stereocenters. The largest absolute Gasteiger partial charge is 0.309 e. The van der Waals surface area contributed by atoms with Gasteiger partial charge in [0.15, 0.2) is 0 Å². The highest BCUT2D eigenvalue weighted by Gasteiger charge is 2.16. The highest BCUT2D eigenvalue weighted by Crippen LogP contribution is 2.27. The Morgan fingerprint density at radius 2 is 1.93 bits per heavy atom. The highest BCUT2D eigenvalue weighted by molar-refractivity contribution is 7.98. The predicted molar refractivity (Wildman–Crippen MR) is 115 cm³/mol. The maximum atomic E-state index is 12.4. The molecule has 0 spiro atoms. The summed E-state index contributed by atoms with van der Waals surface area (Å²) in [4.78, 5) is 26.6. The lowest BCUT2D eigenvalue weighted by molar-refractivity contribution is 0.712. The van der Waals surface area contributed by atoms with Crippen molar-refractivity contribution in [2.45, 2.75) is 44.5 Å². The topological polar surface area (TPSA) is 76.5 Å². The molecular formula is C20H21N5OS2. The van der Waals surface area contributed by atoms with Crippen LogP contribution in [0.5, 0.6) is 0 Å². The quantitative estimate of drug-likeness (QED) is 0.486. The molecule has 0 saturated heterocycles. The zero-order chi connectivity index (χ0) is 19.8. The van der Waals surface area contributed by atoms with E-state index in [0.717, 1.165) is 26.8 Å². The Morgan fingerprint density at radius 3 is 2.64 bits per heavy atom. The molecule has 3 heterocycles. The Morgan fingerprint density at radius 1 is 1.18 bits per heavy atom. The van der Waals surface area contributed by atoms with Crippen molar-refractivity contribution in [1.29, 1.82) is 0 Å². The number of benzene rings is 1. The maximum Gasteiger partial charge on any atom is 0.259 e. The molecule has 0 aliphatic carbocycles. The fraction of sp³-hybridized carbons (Fsp3) is 0.300. The van der Waals surface area contributed by atoms with Crippen LogP contribution in [0.4, 0.5) is 0 Å². The van der Waals surface area contributed by atoms with Crippen molar-refractivity contribution in [2.24, 2.45) is 0 Å². The van der Waals surface area contributed by atoms with Gasteiger partial charge in [0.2, 0.25) is 5.16 Å². The fourth-order valence-electron chi connectivity index (χ4n) is 3.00. The predicted octanol–water partition coefficient (Wildman–Crippen LogP) is 4.60. The van der Waals surface area contributed by atoms with Crippen LogP contribution in [0.15, 0.2) is 40.3 Å². The van der Waals surface area contributed by atoms with Gasteiger partial charge < -0.3 is 4.98 Å². The molecule has 0 saturated carbocycles. The fourth-order valence-corrected chi connectivity index (χ4v) is 4.75. The van der Waals surface area contributed by atoms with E-state index in [1.165, 1.54) is 11.8 Å². The molecule has 6 nitrogen and oxygen atoms in total. The smallest absolute Gasteiger partial charge is 0.259 e. The van der Waals surface area contributed by atoms with Crippen LogP contribution in [-0.2, 0) is 5.75 Å². The Balaban J connectivity index is 1.62. The normalized spacial score (nSPS) is 11.6. The molecule has 3 aromatic heterocycles.